The van der Waals surface area contributed by atoms with E-state index < -0.39 is 12.1 Å². The Balaban J connectivity index is 1.67. The third-order valence-electron chi connectivity index (χ3n) is 3.85. The minimum atomic E-state index is -0.577. The maximum absolute atomic E-state index is 12.7. The Labute approximate surface area is 144 Å². The van der Waals surface area contributed by atoms with Crippen LogP contribution in [0.3, 0.4) is 0 Å². The van der Waals surface area contributed by atoms with Gasteiger partial charge in [-0.05, 0) is 25.0 Å². The minimum absolute atomic E-state index is 0.157. The number of rotatable bonds is 3. The van der Waals surface area contributed by atoms with Crippen LogP contribution in [0.2, 0.25) is 5.02 Å². The number of urea groups is 1. The SMILES string of the molecule is Cn1cc(NC(=O)N[C@@H]2CCCN(c3ccccc3Cl)C2=O)cn1. The summed E-state index contributed by atoms with van der Waals surface area (Å²) in [7, 11) is 1.76. The molecule has 3 amide bonds. The van der Waals surface area contributed by atoms with Gasteiger partial charge < -0.3 is 15.5 Å². The monoisotopic (exact) mass is 347 g/mol. The molecule has 24 heavy (non-hydrogen) atoms. The molecule has 3 rings (SSSR count). The fourth-order valence-corrected chi connectivity index (χ4v) is 2.97. The van der Waals surface area contributed by atoms with Gasteiger partial charge in [0.2, 0.25) is 5.91 Å². The smallest absolute Gasteiger partial charge is 0.319 e. The highest BCUT2D eigenvalue weighted by Gasteiger charge is 2.31. The molecule has 0 radical (unpaired) electrons. The van der Waals surface area contributed by atoms with Crippen LogP contribution in [0.15, 0.2) is 36.7 Å². The number of aromatic nitrogens is 2. The fourth-order valence-electron chi connectivity index (χ4n) is 2.73. The fraction of sp³-hybridized carbons (Fsp3) is 0.312. The normalized spacial score (nSPS) is 17.7. The molecule has 126 valence electrons. The molecule has 2 aromatic rings. The van der Waals surface area contributed by atoms with E-state index in [-0.39, 0.29) is 5.91 Å². The Hall–Kier alpha value is -2.54. The number of benzene rings is 1. The molecule has 1 saturated heterocycles. The van der Waals surface area contributed by atoms with Crippen molar-refractivity contribution in [3.63, 3.8) is 0 Å². The quantitative estimate of drug-likeness (QED) is 0.894. The number of halogens is 1. The summed E-state index contributed by atoms with van der Waals surface area (Å²) in [6, 6.07) is 6.20. The van der Waals surface area contributed by atoms with Gasteiger partial charge in [-0.25, -0.2) is 4.79 Å². The van der Waals surface area contributed by atoms with E-state index >= 15 is 0 Å². The van der Waals surface area contributed by atoms with Crippen LogP contribution in [0.25, 0.3) is 0 Å². The Morgan fingerprint density at radius 3 is 2.88 bits per heavy atom. The first-order chi connectivity index (χ1) is 11.5. The Kier molecular flexibility index (Phi) is 4.71. The van der Waals surface area contributed by atoms with E-state index in [9.17, 15) is 9.59 Å². The molecule has 1 atom stereocenters. The number of carbonyl (C=O) groups excluding carboxylic acids is 2. The Morgan fingerprint density at radius 2 is 2.17 bits per heavy atom. The zero-order chi connectivity index (χ0) is 17.1. The average molecular weight is 348 g/mol. The van der Waals surface area contributed by atoms with Gasteiger partial charge in [0.1, 0.15) is 6.04 Å². The Morgan fingerprint density at radius 1 is 1.38 bits per heavy atom. The summed E-state index contributed by atoms with van der Waals surface area (Å²) < 4.78 is 1.58. The number of hydrogen-bond acceptors (Lipinski definition) is 3. The standard InChI is InChI=1S/C16H18ClN5O2/c1-21-10-11(9-18-21)19-16(24)20-13-6-4-8-22(15(13)23)14-7-3-2-5-12(14)17/h2-3,5,7,9-10,13H,4,6,8H2,1H3,(H2,19,20,24)/t13-/m1/s1. The van der Waals surface area contributed by atoms with Gasteiger partial charge in [-0.15, -0.1) is 0 Å². The van der Waals surface area contributed by atoms with E-state index in [1.54, 1.807) is 35.0 Å². The van der Waals surface area contributed by atoms with E-state index in [4.69, 9.17) is 11.6 Å². The second-order valence-electron chi connectivity index (χ2n) is 5.64. The third kappa shape index (κ3) is 3.51. The van der Waals surface area contributed by atoms with Crippen LogP contribution < -0.4 is 15.5 Å². The van der Waals surface area contributed by atoms with E-state index in [1.165, 1.54) is 6.20 Å². The minimum Gasteiger partial charge on any atom is -0.326 e. The predicted molar refractivity (Wildman–Crippen MR) is 92.2 cm³/mol. The lowest BCUT2D eigenvalue weighted by Crippen LogP contribution is -2.53. The van der Waals surface area contributed by atoms with Gasteiger partial charge in [0, 0.05) is 19.8 Å². The molecule has 0 unspecified atom stereocenters. The second kappa shape index (κ2) is 6.92. The van der Waals surface area contributed by atoms with Gasteiger partial charge in [-0.3, -0.25) is 9.48 Å². The molecular weight excluding hydrogens is 330 g/mol. The zero-order valence-electron chi connectivity index (χ0n) is 13.2. The molecule has 0 bridgehead atoms. The number of para-hydroxylation sites is 1. The van der Waals surface area contributed by atoms with E-state index in [2.05, 4.69) is 15.7 Å². The molecule has 2 N–H and O–H groups in total. The van der Waals surface area contributed by atoms with E-state index in [0.29, 0.717) is 29.4 Å². The molecule has 1 aliphatic heterocycles. The molecule has 1 aromatic heterocycles. The molecule has 1 aromatic carbocycles. The lowest BCUT2D eigenvalue weighted by molar-refractivity contribution is -0.121. The van der Waals surface area contributed by atoms with Crippen molar-refractivity contribution in [2.45, 2.75) is 18.9 Å². The first-order valence-electron chi connectivity index (χ1n) is 7.66. The highest BCUT2D eigenvalue weighted by Crippen LogP contribution is 2.28. The van der Waals surface area contributed by atoms with Crippen LogP contribution in [0, 0.1) is 0 Å². The van der Waals surface area contributed by atoms with Gasteiger partial charge in [-0.2, -0.15) is 5.10 Å². The lowest BCUT2D eigenvalue weighted by Gasteiger charge is -2.33. The topological polar surface area (TPSA) is 79.3 Å². The van der Waals surface area contributed by atoms with Crippen LogP contribution in [-0.4, -0.2) is 34.3 Å². The van der Waals surface area contributed by atoms with Crippen molar-refractivity contribution in [3.05, 3.63) is 41.7 Å². The van der Waals surface area contributed by atoms with Gasteiger partial charge in [-0.1, -0.05) is 23.7 Å². The number of hydrogen-bond donors (Lipinski definition) is 2. The summed E-state index contributed by atoms with van der Waals surface area (Å²) in [6.45, 7) is 0.588. The summed E-state index contributed by atoms with van der Waals surface area (Å²) in [5, 5.41) is 9.89. The van der Waals surface area contributed by atoms with Crippen molar-refractivity contribution in [2.24, 2.45) is 7.05 Å². The maximum Gasteiger partial charge on any atom is 0.319 e. The highest BCUT2D eigenvalue weighted by molar-refractivity contribution is 6.33. The van der Waals surface area contributed by atoms with Crippen molar-refractivity contribution in [1.29, 1.82) is 0 Å². The summed E-state index contributed by atoms with van der Waals surface area (Å²) in [5.41, 5.74) is 1.24. The lowest BCUT2D eigenvalue weighted by atomic mass is 10.0. The molecular formula is C16H18ClN5O2. The third-order valence-corrected chi connectivity index (χ3v) is 4.17. The average Bonchev–Trinajstić information content (AvgIpc) is 2.95. The number of aryl methyl sites for hydroxylation is 1. The molecule has 1 fully saturated rings. The van der Waals surface area contributed by atoms with Gasteiger partial charge in [0.25, 0.3) is 0 Å². The number of carbonyl (C=O) groups is 2. The largest absolute Gasteiger partial charge is 0.326 e. The van der Waals surface area contributed by atoms with Crippen molar-refractivity contribution >= 4 is 34.9 Å². The van der Waals surface area contributed by atoms with Crippen LogP contribution in [0.4, 0.5) is 16.2 Å². The van der Waals surface area contributed by atoms with Crippen LogP contribution in [0.5, 0.6) is 0 Å². The van der Waals surface area contributed by atoms with Crippen LogP contribution >= 0.6 is 11.6 Å². The number of anilines is 2. The number of nitrogens with one attached hydrogen (secondary N) is 2. The Bertz CT molecular complexity index is 760. The molecule has 1 aliphatic rings. The van der Waals surface area contributed by atoms with E-state index in [0.717, 1.165) is 6.42 Å². The van der Waals surface area contributed by atoms with Crippen molar-refractivity contribution < 1.29 is 9.59 Å². The first kappa shape index (κ1) is 16.3. The number of piperidine rings is 1. The molecule has 0 aliphatic carbocycles. The van der Waals surface area contributed by atoms with E-state index in [1.807, 2.05) is 12.1 Å². The van der Waals surface area contributed by atoms with Crippen LogP contribution in [-0.2, 0) is 11.8 Å². The van der Waals surface area contributed by atoms with Crippen molar-refractivity contribution in [3.8, 4) is 0 Å². The van der Waals surface area contributed by atoms with Crippen molar-refractivity contribution in [2.75, 3.05) is 16.8 Å². The second-order valence-corrected chi connectivity index (χ2v) is 6.04. The molecule has 2 heterocycles. The first-order valence-corrected chi connectivity index (χ1v) is 8.04. The predicted octanol–water partition coefficient (Wildman–Crippen LogP) is 2.39. The number of amides is 3. The molecule has 0 saturated carbocycles. The number of nitrogens with zero attached hydrogens (tertiary/aromatic N) is 3. The van der Waals surface area contributed by atoms with Crippen LogP contribution in [0.1, 0.15) is 12.8 Å². The highest BCUT2D eigenvalue weighted by atomic mass is 35.5. The summed E-state index contributed by atoms with van der Waals surface area (Å²) in [6.07, 6.45) is 4.60. The molecule has 8 heteroatoms. The molecule has 0 spiro atoms. The summed E-state index contributed by atoms with van der Waals surface area (Å²) >= 11 is 6.18. The summed E-state index contributed by atoms with van der Waals surface area (Å²) in [4.78, 5) is 26.4. The molecule has 7 nitrogen and oxygen atoms in total. The van der Waals surface area contributed by atoms with Crippen molar-refractivity contribution in [1.82, 2.24) is 15.1 Å². The van der Waals surface area contributed by atoms with Gasteiger partial charge >= 0.3 is 6.03 Å². The zero-order valence-corrected chi connectivity index (χ0v) is 14.0. The summed E-state index contributed by atoms with van der Waals surface area (Å²) in [5.74, 6) is -0.157. The van der Waals surface area contributed by atoms with Gasteiger partial charge in [0.05, 0.1) is 22.6 Å². The van der Waals surface area contributed by atoms with Gasteiger partial charge in [0.15, 0.2) is 0 Å². The maximum atomic E-state index is 12.7.